The zero-order chi connectivity index (χ0) is 15.7. The van der Waals surface area contributed by atoms with Crippen LogP contribution in [0.1, 0.15) is 16.8 Å². The summed E-state index contributed by atoms with van der Waals surface area (Å²) in [5, 5.41) is 1.09. The number of rotatable bonds is 4. The molecule has 0 aliphatic carbocycles. The second-order valence-corrected chi connectivity index (χ2v) is 7.20. The number of fused-ring (bicyclic) bond motifs is 1. The molecule has 1 heterocycles. The fourth-order valence-electron chi connectivity index (χ4n) is 2.55. The van der Waals surface area contributed by atoms with E-state index >= 15 is 0 Å². The minimum atomic E-state index is -3.50. The van der Waals surface area contributed by atoms with Gasteiger partial charge in [0.25, 0.3) is 0 Å². The van der Waals surface area contributed by atoms with E-state index in [-0.39, 0.29) is 6.54 Å². The van der Waals surface area contributed by atoms with Crippen molar-refractivity contribution >= 4 is 20.9 Å². The molecule has 22 heavy (non-hydrogen) atoms. The highest BCUT2D eigenvalue weighted by atomic mass is 32.2. The first-order chi connectivity index (χ1) is 10.5. The Kier molecular flexibility index (Phi) is 3.76. The minimum absolute atomic E-state index is 0.275. The van der Waals surface area contributed by atoms with Gasteiger partial charge in [-0.05, 0) is 54.6 Å². The predicted octanol–water partition coefficient (Wildman–Crippen LogP) is 3.26. The third-order valence-electron chi connectivity index (χ3n) is 3.67. The van der Waals surface area contributed by atoms with Crippen molar-refractivity contribution in [1.29, 1.82) is 0 Å². The van der Waals surface area contributed by atoms with Crippen LogP contribution in [0.25, 0.3) is 10.9 Å². The van der Waals surface area contributed by atoms with Gasteiger partial charge in [-0.1, -0.05) is 24.3 Å². The van der Waals surface area contributed by atoms with Crippen molar-refractivity contribution in [3.63, 3.8) is 0 Å². The Labute approximate surface area is 130 Å². The van der Waals surface area contributed by atoms with E-state index in [9.17, 15) is 8.42 Å². The van der Waals surface area contributed by atoms with Gasteiger partial charge in [-0.25, -0.2) is 13.1 Å². The average molecular weight is 314 g/mol. The first-order valence-corrected chi connectivity index (χ1v) is 8.57. The maximum absolute atomic E-state index is 12.4. The summed E-state index contributed by atoms with van der Waals surface area (Å²) in [6.07, 6.45) is 0. The molecule has 0 aliphatic rings. The quantitative estimate of drug-likeness (QED) is 0.776. The predicted molar refractivity (Wildman–Crippen MR) is 88.2 cm³/mol. The number of hydrogen-bond acceptors (Lipinski definition) is 2. The van der Waals surface area contributed by atoms with Crippen molar-refractivity contribution < 1.29 is 8.42 Å². The zero-order valence-corrected chi connectivity index (χ0v) is 13.4. The normalized spacial score (nSPS) is 11.9. The van der Waals surface area contributed by atoms with Crippen molar-refractivity contribution in [2.45, 2.75) is 25.3 Å². The molecule has 0 unspecified atom stereocenters. The van der Waals surface area contributed by atoms with Crippen LogP contribution in [0.5, 0.6) is 0 Å². The molecule has 114 valence electrons. The van der Waals surface area contributed by atoms with Crippen LogP contribution in [0.15, 0.2) is 53.4 Å². The highest BCUT2D eigenvalue weighted by Crippen LogP contribution is 2.18. The zero-order valence-electron chi connectivity index (χ0n) is 12.6. The Morgan fingerprint density at radius 2 is 1.82 bits per heavy atom. The van der Waals surface area contributed by atoms with Gasteiger partial charge in [0.05, 0.1) is 4.90 Å². The van der Waals surface area contributed by atoms with Gasteiger partial charge in [0.1, 0.15) is 0 Å². The summed E-state index contributed by atoms with van der Waals surface area (Å²) in [5.74, 6) is 0. The molecule has 5 heteroatoms. The molecule has 3 aromatic rings. The lowest BCUT2D eigenvalue weighted by Gasteiger charge is -2.09. The number of aromatic nitrogens is 1. The highest BCUT2D eigenvalue weighted by molar-refractivity contribution is 7.89. The number of benzene rings is 2. The minimum Gasteiger partial charge on any atom is -0.359 e. The topological polar surface area (TPSA) is 62.0 Å². The van der Waals surface area contributed by atoms with Crippen LogP contribution >= 0.6 is 0 Å². The van der Waals surface area contributed by atoms with Gasteiger partial charge in [0.15, 0.2) is 0 Å². The fraction of sp³-hybridized carbons (Fsp3) is 0.176. The smallest absolute Gasteiger partial charge is 0.241 e. The number of hydrogen-bond donors (Lipinski definition) is 2. The summed E-state index contributed by atoms with van der Waals surface area (Å²) >= 11 is 0. The fourth-order valence-corrected chi connectivity index (χ4v) is 3.81. The Hall–Kier alpha value is -2.11. The third-order valence-corrected chi connectivity index (χ3v) is 5.23. The maximum Gasteiger partial charge on any atom is 0.241 e. The number of sulfonamides is 1. The summed E-state index contributed by atoms with van der Waals surface area (Å²) in [4.78, 5) is 3.58. The molecule has 3 rings (SSSR count). The molecule has 0 aliphatic heterocycles. The van der Waals surface area contributed by atoms with Gasteiger partial charge >= 0.3 is 0 Å². The molecule has 4 nitrogen and oxygen atoms in total. The van der Waals surface area contributed by atoms with E-state index in [1.807, 2.05) is 31.2 Å². The third kappa shape index (κ3) is 2.91. The van der Waals surface area contributed by atoms with Crippen molar-refractivity contribution in [2.75, 3.05) is 0 Å². The van der Waals surface area contributed by atoms with Crippen molar-refractivity contribution in [3.05, 3.63) is 65.4 Å². The lowest BCUT2D eigenvalue weighted by molar-refractivity contribution is 0.580. The summed E-state index contributed by atoms with van der Waals surface area (Å²) in [6.45, 7) is 4.07. The van der Waals surface area contributed by atoms with Crippen molar-refractivity contribution in [1.82, 2.24) is 9.71 Å². The lowest BCUT2D eigenvalue weighted by Crippen LogP contribution is -2.23. The molecule has 0 radical (unpaired) electrons. The van der Waals surface area contributed by atoms with Crippen LogP contribution in [0.2, 0.25) is 0 Å². The second-order valence-electron chi connectivity index (χ2n) is 5.46. The molecule has 0 atom stereocenters. The van der Waals surface area contributed by atoms with Crippen LogP contribution in [0, 0.1) is 13.8 Å². The lowest BCUT2D eigenvalue weighted by atomic mass is 10.1. The monoisotopic (exact) mass is 314 g/mol. The number of aryl methyl sites for hydroxylation is 2. The summed E-state index contributed by atoms with van der Waals surface area (Å²) in [7, 11) is -3.50. The van der Waals surface area contributed by atoms with Crippen LogP contribution in [0.3, 0.4) is 0 Å². The Morgan fingerprint density at radius 1 is 1.05 bits per heavy atom. The Morgan fingerprint density at radius 3 is 2.59 bits per heavy atom. The summed E-state index contributed by atoms with van der Waals surface area (Å²) in [5.41, 5.74) is 3.83. The number of nitrogens with one attached hydrogen (secondary N) is 2. The van der Waals surface area contributed by atoms with E-state index in [1.54, 1.807) is 25.1 Å². The van der Waals surface area contributed by atoms with Gasteiger partial charge < -0.3 is 4.98 Å². The van der Waals surface area contributed by atoms with E-state index in [2.05, 4.69) is 15.8 Å². The molecular weight excluding hydrogens is 296 g/mol. The van der Waals surface area contributed by atoms with Gasteiger partial charge in [0.2, 0.25) is 10.0 Å². The molecule has 0 amide bonds. The first kappa shape index (κ1) is 14.8. The molecule has 2 N–H and O–H groups in total. The van der Waals surface area contributed by atoms with Gasteiger partial charge in [-0.15, -0.1) is 0 Å². The van der Waals surface area contributed by atoms with Gasteiger partial charge in [-0.2, -0.15) is 0 Å². The van der Waals surface area contributed by atoms with Gasteiger partial charge in [-0.3, -0.25) is 0 Å². The molecule has 0 saturated carbocycles. The Balaban J connectivity index is 1.82. The van der Waals surface area contributed by atoms with Crippen LogP contribution in [-0.2, 0) is 16.6 Å². The molecule has 0 spiro atoms. The van der Waals surface area contributed by atoms with E-state index in [1.165, 1.54) is 0 Å². The maximum atomic E-state index is 12.4. The molecule has 1 aromatic heterocycles. The molecule has 2 aromatic carbocycles. The van der Waals surface area contributed by atoms with Crippen molar-refractivity contribution in [2.24, 2.45) is 0 Å². The van der Waals surface area contributed by atoms with E-state index in [0.29, 0.717) is 4.90 Å². The largest absolute Gasteiger partial charge is 0.359 e. The van der Waals surface area contributed by atoms with Crippen LogP contribution in [-0.4, -0.2) is 13.4 Å². The van der Waals surface area contributed by atoms with E-state index in [4.69, 9.17) is 0 Å². The summed E-state index contributed by atoms with van der Waals surface area (Å²) < 4.78 is 27.4. The SMILES string of the molecule is Cc1cc2cc(CNS(=O)(=O)c3ccccc3C)ccc2[nH]1. The number of H-pyrrole nitrogens is 1. The van der Waals surface area contributed by atoms with E-state index < -0.39 is 10.0 Å². The molecule has 0 fully saturated rings. The summed E-state index contributed by atoms with van der Waals surface area (Å²) in [6, 6.07) is 14.9. The molecule has 0 bridgehead atoms. The van der Waals surface area contributed by atoms with Crippen LogP contribution < -0.4 is 4.72 Å². The second kappa shape index (κ2) is 5.59. The van der Waals surface area contributed by atoms with Crippen molar-refractivity contribution in [3.8, 4) is 0 Å². The first-order valence-electron chi connectivity index (χ1n) is 7.09. The Bertz CT molecular complexity index is 927. The standard InChI is InChI=1S/C17H18N2O2S/c1-12-5-3-4-6-17(12)22(20,21)18-11-14-7-8-16-15(10-14)9-13(2)19-16/h3-10,18-19H,11H2,1-2H3. The number of aromatic amines is 1. The van der Waals surface area contributed by atoms with Gasteiger partial charge in [0, 0.05) is 17.8 Å². The molecular formula is C17H18N2O2S. The molecule has 0 saturated heterocycles. The highest BCUT2D eigenvalue weighted by Gasteiger charge is 2.15. The van der Waals surface area contributed by atoms with Crippen LogP contribution in [0.4, 0.5) is 0 Å². The van der Waals surface area contributed by atoms with E-state index in [0.717, 1.165) is 27.7 Å². The average Bonchev–Trinajstić information content (AvgIpc) is 2.85.